The molecule has 8 heteroatoms. The summed E-state index contributed by atoms with van der Waals surface area (Å²) in [5.41, 5.74) is 0. The minimum atomic E-state index is -1.93. The molecule has 3 rings (SSSR count). The van der Waals surface area contributed by atoms with Gasteiger partial charge in [0.05, 0.1) is 5.97 Å². The highest BCUT2D eigenvalue weighted by molar-refractivity contribution is 8.15. The first-order chi connectivity index (χ1) is 10.1. The second-order valence-corrected chi connectivity index (χ2v) is 5.71. The van der Waals surface area contributed by atoms with Crippen molar-refractivity contribution in [2.45, 2.75) is 17.6 Å². The Kier molecular flexibility index (Phi) is 3.56. The van der Waals surface area contributed by atoms with E-state index in [0.29, 0.717) is 10.8 Å². The predicted octanol–water partition coefficient (Wildman–Crippen LogP) is -1.18. The van der Waals surface area contributed by atoms with Crippen LogP contribution in [0, 0.1) is 0 Å². The number of rotatable bonds is 5. The van der Waals surface area contributed by atoms with E-state index in [-0.39, 0.29) is 6.61 Å². The van der Waals surface area contributed by atoms with E-state index in [1.807, 2.05) is 18.2 Å². The van der Waals surface area contributed by atoms with Crippen molar-refractivity contribution in [3.05, 3.63) is 30.3 Å². The van der Waals surface area contributed by atoms with Gasteiger partial charge in [-0.3, -0.25) is 14.7 Å². The molecule has 0 saturated carbocycles. The molecule has 21 heavy (non-hydrogen) atoms. The number of benzene rings is 1. The van der Waals surface area contributed by atoms with Crippen LogP contribution in [0.4, 0.5) is 0 Å². The van der Waals surface area contributed by atoms with Crippen LogP contribution in [0.2, 0.25) is 0 Å². The smallest absolute Gasteiger partial charge is 0.253 e. The number of carboxylic acids is 1. The molecular formula is C13H11N2O5S-. The summed E-state index contributed by atoms with van der Waals surface area (Å²) in [6, 6.07) is 8.50. The number of β-lactam (4-membered cyclic amide) rings is 1. The van der Waals surface area contributed by atoms with Crippen LogP contribution in [0.5, 0.6) is 5.75 Å². The fraction of sp³-hybridized carbons (Fsp3) is 0.308. The number of carboxylic acid groups (broad SMARTS) is 1. The molecule has 0 spiro atoms. The Balaban J connectivity index is 1.60. The van der Waals surface area contributed by atoms with Gasteiger partial charge >= 0.3 is 0 Å². The van der Waals surface area contributed by atoms with Crippen LogP contribution >= 0.6 is 11.8 Å². The van der Waals surface area contributed by atoms with Crippen molar-refractivity contribution in [3.63, 3.8) is 0 Å². The van der Waals surface area contributed by atoms with Crippen LogP contribution in [0.25, 0.3) is 0 Å². The Hall–Kier alpha value is -2.06. The molecule has 1 N–H and O–H groups in total. The van der Waals surface area contributed by atoms with Gasteiger partial charge in [-0.15, -0.1) is 0 Å². The zero-order chi connectivity index (χ0) is 15.0. The number of fused-ring (bicyclic) bond motifs is 1. The van der Waals surface area contributed by atoms with Gasteiger partial charge < -0.3 is 19.7 Å². The second kappa shape index (κ2) is 5.38. The number of likely N-dealkylation sites (tertiary alicyclic amines) is 1. The summed E-state index contributed by atoms with van der Waals surface area (Å²) in [6.45, 7) is 0.199. The maximum atomic E-state index is 11.7. The Morgan fingerprint density at radius 1 is 1.48 bits per heavy atom. The number of thioether (sulfide) groups is 1. The second-order valence-electron chi connectivity index (χ2n) is 4.52. The van der Waals surface area contributed by atoms with E-state index in [1.165, 1.54) is 11.8 Å². The van der Waals surface area contributed by atoms with Gasteiger partial charge in [0.15, 0.2) is 12.3 Å². The number of ether oxygens (including phenoxy) is 1. The number of aliphatic imine (C=N–C) groups is 1. The van der Waals surface area contributed by atoms with Crippen LogP contribution in [0.1, 0.15) is 0 Å². The van der Waals surface area contributed by atoms with Gasteiger partial charge in [-0.1, -0.05) is 30.0 Å². The van der Waals surface area contributed by atoms with Gasteiger partial charge in [0, 0.05) is 0 Å². The van der Waals surface area contributed by atoms with Crippen LogP contribution in [-0.4, -0.2) is 51.2 Å². The lowest BCUT2D eigenvalue weighted by Gasteiger charge is -2.43. The monoisotopic (exact) mass is 307 g/mol. The number of hydrogen-bond acceptors (Lipinski definition) is 7. The fourth-order valence-corrected chi connectivity index (χ4v) is 3.36. The SMILES string of the molecule is O=C([O-])C(O)N1C(=O)C2N=C(COc3ccccc3)SC21. The minimum absolute atomic E-state index is 0.199. The number of carbonyl (C=O) groups is 2. The van der Waals surface area contributed by atoms with Crippen molar-refractivity contribution >= 4 is 28.7 Å². The average Bonchev–Trinajstić information content (AvgIpc) is 2.85. The highest BCUT2D eigenvalue weighted by atomic mass is 32.2. The molecule has 1 aromatic carbocycles. The normalized spacial score (nSPS) is 24.9. The quantitative estimate of drug-likeness (QED) is 0.687. The summed E-state index contributed by atoms with van der Waals surface area (Å²) in [5, 5.41) is 20.1. The zero-order valence-corrected chi connectivity index (χ0v) is 11.5. The molecule has 0 radical (unpaired) electrons. The van der Waals surface area contributed by atoms with Crippen molar-refractivity contribution in [1.29, 1.82) is 0 Å². The van der Waals surface area contributed by atoms with E-state index in [9.17, 15) is 19.8 Å². The molecule has 1 fully saturated rings. The standard InChI is InChI=1S/C13H12N2O5S/c16-10-9-12(15(10)11(17)13(18)19)21-8(14-9)6-20-7-4-2-1-3-5-7/h1-5,9,11-12,17H,6H2,(H,18,19)/p-1. The third-order valence-electron chi connectivity index (χ3n) is 3.17. The molecular weight excluding hydrogens is 296 g/mol. The molecule has 3 atom stereocenters. The molecule has 1 aromatic rings. The summed E-state index contributed by atoms with van der Waals surface area (Å²) < 4.78 is 5.52. The van der Waals surface area contributed by atoms with Crippen molar-refractivity contribution in [3.8, 4) is 5.75 Å². The number of aliphatic hydroxyl groups is 1. The lowest BCUT2D eigenvalue weighted by molar-refractivity contribution is -0.322. The summed E-state index contributed by atoms with van der Waals surface area (Å²) in [4.78, 5) is 27.4. The maximum absolute atomic E-state index is 11.7. The molecule has 0 aliphatic carbocycles. The first-order valence-corrected chi connectivity index (χ1v) is 7.08. The third kappa shape index (κ3) is 2.47. The first-order valence-electron chi connectivity index (χ1n) is 6.20. The number of hydrogen-bond donors (Lipinski definition) is 1. The van der Waals surface area contributed by atoms with E-state index >= 15 is 0 Å². The van der Waals surface area contributed by atoms with Gasteiger partial charge in [0.1, 0.15) is 22.8 Å². The molecule has 1 amide bonds. The van der Waals surface area contributed by atoms with Gasteiger partial charge in [-0.2, -0.15) is 0 Å². The fourth-order valence-electron chi connectivity index (χ4n) is 2.14. The maximum Gasteiger partial charge on any atom is 0.253 e. The molecule has 1 saturated heterocycles. The van der Waals surface area contributed by atoms with E-state index in [4.69, 9.17) is 4.74 Å². The summed E-state index contributed by atoms with van der Waals surface area (Å²) >= 11 is 1.22. The Morgan fingerprint density at radius 2 is 2.19 bits per heavy atom. The molecule has 0 bridgehead atoms. The molecule has 2 aliphatic heterocycles. The third-order valence-corrected chi connectivity index (χ3v) is 4.39. The molecule has 110 valence electrons. The summed E-state index contributed by atoms with van der Waals surface area (Å²) in [7, 11) is 0. The van der Waals surface area contributed by atoms with Crippen molar-refractivity contribution in [2.24, 2.45) is 4.99 Å². The highest BCUT2D eigenvalue weighted by Crippen LogP contribution is 2.39. The minimum Gasteiger partial charge on any atom is -0.545 e. The van der Waals surface area contributed by atoms with E-state index in [0.717, 1.165) is 4.90 Å². The van der Waals surface area contributed by atoms with Crippen molar-refractivity contribution < 1.29 is 24.5 Å². The van der Waals surface area contributed by atoms with Crippen LogP contribution in [0.15, 0.2) is 35.3 Å². The van der Waals surface area contributed by atoms with Crippen LogP contribution < -0.4 is 9.84 Å². The van der Waals surface area contributed by atoms with E-state index in [1.54, 1.807) is 12.1 Å². The van der Waals surface area contributed by atoms with Gasteiger partial charge in [0.25, 0.3) is 5.91 Å². The first kappa shape index (κ1) is 13.9. The summed E-state index contributed by atoms with van der Waals surface area (Å²) in [5.74, 6) is -1.53. The lowest BCUT2D eigenvalue weighted by Crippen LogP contribution is -2.67. The number of carbonyl (C=O) groups excluding carboxylic acids is 2. The Labute approximate surface area is 124 Å². The number of nitrogens with zero attached hydrogens (tertiary/aromatic N) is 2. The van der Waals surface area contributed by atoms with Gasteiger partial charge in [-0.05, 0) is 12.1 Å². The molecule has 7 nitrogen and oxygen atoms in total. The van der Waals surface area contributed by atoms with Gasteiger partial charge in [-0.25, -0.2) is 0 Å². The zero-order valence-electron chi connectivity index (χ0n) is 10.7. The van der Waals surface area contributed by atoms with Crippen LogP contribution in [-0.2, 0) is 9.59 Å². The highest BCUT2D eigenvalue weighted by Gasteiger charge is 2.54. The molecule has 2 aliphatic rings. The number of aliphatic carboxylic acids is 1. The number of aliphatic hydroxyl groups excluding tert-OH is 1. The van der Waals surface area contributed by atoms with E-state index < -0.39 is 29.5 Å². The van der Waals surface area contributed by atoms with Crippen molar-refractivity contribution in [1.82, 2.24) is 4.90 Å². The molecule has 0 aromatic heterocycles. The largest absolute Gasteiger partial charge is 0.545 e. The Morgan fingerprint density at radius 3 is 2.86 bits per heavy atom. The van der Waals surface area contributed by atoms with Gasteiger partial charge in [0.2, 0.25) is 0 Å². The van der Waals surface area contributed by atoms with Crippen molar-refractivity contribution in [2.75, 3.05) is 6.61 Å². The lowest BCUT2D eigenvalue weighted by atomic mass is 10.1. The predicted molar refractivity (Wildman–Crippen MR) is 72.4 cm³/mol. The Bertz CT molecular complexity index is 606. The average molecular weight is 307 g/mol. The van der Waals surface area contributed by atoms with E-state index in [2.05, 4.69) is 4.99 Å². The number of amides is 1. The molecule has 2 heterocycles. The summed E-state index contributed by atoms with van der Waals surface area (Å²) in [6.07, 6.45) is -1.93. The van der Waals surface area contributed by atoms with Crippen LogP contribution in [0.3, 0.4) is 0 Å². The topological polar surface area (TPSA) is 102 Å². The molecule has 3 unspecified atom stereocenters. The number of para-hydroxylation sites is 1.